The number of carbonyl (C=O) groups excluding carboxylic acids is 1. The van der Waals surface area contributed by atoms with E-state index in [4.69, 9.17) is 9.47 Å². The molecule has 0 unspecified atom stereocenters. The molecule has 0 saturated carbocycles. The summed E-state index contributed by atoms with van der Waals surface area (Å²) in [5.74, 6) is 1.32. The fourth-order valence-electron chi connectivity index (χ4n) is 2.95. The Morgan fingerprint density at radius 1 is 0.960 bits per heavy atom. The molecule has 0 spiro atoms. The molecule has 5 nitrogen and oxygen atoms in total. The molecule has 0 bridgehead atoms. The van der Waals surface area contributed by atoms with Gasteiger partial charge in [0.25, 0.3) is 0 Å². The van der Waals surface area contributed by atoms with E-state index in [0.29, 0.717) is 31.1 Å². The minimum atomic E-state index is 0.0607. The van der Waals surface area contributed by atoms with Crippen molar-refractivity contribution < 1.29 is 14.3 Å². The van der Waals surface area contributed by atoms with Gasteiger partial charge >= 0.3 is 6.03 Å². The van der Waals surface area contributed by atoms with Gasteiger partial charge in [0.1, 0.15) is 0 Å². The number of urea groups is 1. The van der Waals surface area contributed by atoms with Crippen molar-refractivity contribution in [2.75, 3.05) is 27.3 Å². The summed E-state index contributed by atoms with van der Waals surface area (Å²) in [6.07, 6.45) is 0. The molecule has 1 fully saturated rings. The van der Waals surface area contributed by atoms with Crippen LogP contribution in [0.2, 0.25) is 0 Å². The minimum absolute atomic E-state index is 0.0607. The van der Waals surface area contributed by atoms with Gasteiger partial charge in [0.05, 0.1) is 14.2 Å². The molecule has 0 atom stereocenters. The number of methoxy groups -OCH3 is 2. The van der Waals surface area contributed by atoms with Crippen LogP contribution in [0.15, 0.2) is 46.9 Å². The number of nitrogens with zero attached hydrogens (tertiary/aromatic N) is 2. The van der Waals surface area contributed by atoms with Gasteiger partial charge in [-0.2, -0.15) is 0 Å². The average Bonchev–Trinajstić information content (AvgIpc) is 2.97. The van der Waals surface area contributed by atoms with Crippen LogP contribution < -0.4 is 9.47 Å². The second kappa shape index (κ2) is 7.78. The zero-order chi connectivity index (χ0) is 17.8. The first-order chi connectivity index (χ1) is 12.1. The number of hydrogen-bond acceptors (Lipinski definition) is 3. The lowest BCUT2D eigenvalue weighted by Crippen LogP contribution is -2.31. The number of carbonyl (C=O) groups is 1. The molecular weight excluding hydrogens is 384 g/mol. The fourth-order valence-corrected chi connectivity index (χ4v) is 3.40. The van der Waals surface area contributed by atoms with E-state index in [2.05, 4.69) is 15.9 Å². The highest BCUT2D eigenvalue weighted by atomic mass is 79.9. The first-order valence-corrected chi connectivity index (χ1v) is 8.90. The molecule has 0 aromatic heterocycles. The van der Waals surface area contributed by atoms with Crippen LogP contribution in [0.1, 0.15) is 11.1 Å². The topological polar surface area (TPSA) is 42.0 Å². The van der Waals surface area contributed by atoms with Crippen LogP contribution >= 0.6 is 15.9 Å². The van der Waals surface area contributed by atoms with E-state index in [1.807, 2.05) is 52.3 Å². The van der Waals surface area contributed by atoms with Crippen molar-refractivity contribution in [3.63, 3.8) is 0 Å². The van der Waals surface area contributed by atoms with Crippen molar-refractivity contribution in [2.24, 2.45) is 0 Å². The van der Waals surface area contributed by atoms with E-state index in [-0.39, 0.29) is 6.03 Å². The number of amides is 2. The number of rotatable bonds is 6. The monoisotopic (exact) mass is 404 g/mol. The van der Waals surface area contributed by atoms with Gasteiger partial charge in [-0.25, -0.2) is 4.79 Å². The maximum absolute atomic E-state index is 12.7. The summed E-state index contributed by atoms with van der Waals surface area (Å²) in [5.41, 5.74) is 2.14. The SMILES string of the molecule is COc1cc(Br)c(CN2CCN(Cc3ccccc3)C2=O)cc1OC. The molecule has 3 rings (SSSR count). The van der Waals surface area contributed by atoms with E-state index in [0.717, 1.165) is 22.1 Å². The number of halogens is 1. The first-order valence-electron chi connectivity index (χ1n) is 8.10. The molecule has 132 valence electrons. The van der Waals surface area contributed by atoms with Crippen molar-refractivity contribution in [3.05, 3.63) is 58.1 Å². The van der Waals surface area contributed by atoms with Crippen LogP contribution in [-0.2, 0) is 13.1 Å². The summed E-state index contributed by atoms with van der Waals surface area (Å²) in [7, 11) is 3.22. The Hall–Kier alpha value is -2.21. The summed E-state index contributed by atoms with van der Waals surface area (Å²) in [4.78, 5) is 16.4. The van der Waals surface area contributed by atoms with E-state index < -0.39 is 0 Å². The van der Waals surface area contributed by atoms with Gasteiger partial charge in [0.2, 0.25) is 0 Å². The Labute approximate surface area is 156 Å². The van der Waals surface area contributed by atoms with Crippen molar-refractivity contribution in [2.45, 2.75) is 13.1 Å². The molecule has 2 aromatic rings. The van der Waals surface area contributed by atoms with E-state index in [1.54, 1.807) is 14.2 Å². The van der Waals surface area contributed by atoms with Gasteiger partial charge < -0.3 is 19.3 Å². The average molecular weight is 405 g/mol. The lowest BCUT2D eigenvalue weighted by molar-refractivity contribution is 0.188. The maximum atomic E-state index is 12.7. The van der Waals surface area contributed by atoms with Crippen LogP contribution in [0.5, 0.6) is 11.5 Å². The third-order valence-electron chi connectivity index (χ3n) is 4.31. The predicted octanol–water partition coefficient (Wildman–Crippen LogP) is 3.90. The van der Waals surface area contributed by atoms with E-state index in [9.17, 15) is 4.79 Å². The third-order valence-corrected chi connectivity index (χ3v) is 5.05. The van der Waals surface area contributed by atoms with E-state index >= 15 is 0 Å². The maximum Gasteiger partial charge on any atom is 0.320 e. The molecule has 1 heterocycles. The molecule has 6 heteroatoms. The van der Waals surface area contributed by atoms with Crippen LogP contribution in [0.25, 0.3) is 0 Å². The molecule has 2 aromatic carbocycles. The van der Waals surface area contributed by atoms with Crippen molar-refractivity contribution in [1.82, 2.24) is 9.80 Å². The van der Waals surface area contributed by atoms with Gasteiger partial charge in [-0.3, -0.25) is 0 Å². The van der Waals surface area contributed by atoms with Crippen LogP contribution in [0, 0.1) is 0 Å². The highest BCUT2D eigenvalue weighted by Gasteiger charge is 2.29. The first kappa shape index (κ1) is 17.6. The van der Waals surface area contributed by atoms with Crippen LogP contribution in [0.3, 0.4) is 0 Å². The zero-order valence-electron chi connectivity index (χ0n) is 14.4. The summed E-state index contributed by atoms with van der Waals surface area (Å²) in [6.45, 7) is 2.62. The Morgan fingerprint density at radius 2 is 1.56 bits per heavy atom. The Balaban J connectivity index is 1.71. The summed E-state index contributed by atoms with van der Waals surface area (Å²) >= 11 is 3.56. The van der Waals surface area contributed by atoms with Crippen molar-refractivity contribution in [3.8, 4) is 11.5 Å². The normalized spacial score (nSPS) is 14.1. The Bertz CT molecular complexity index is 752. The highest BCUT2D eigenvalue weighted by molar-refractivity contribution is 9.10. The summed E-state index contributed by atoms with van der Waals surface area (Å²) in [6, 6.07) is 13.9. The third kappa shape index (κ3) is 3.90. The number of benzene rings is 2. The zero-order valence-corrected chi connectivity index (χ0v) is 16.0. The largest absolute Gasteiger partial charge is 0.493 e. The van der Waals surface area contributed by atoms with Gasteiger partial charge in [-0.1, -0.05) is 46.3 Å². The highest BCUT2D eigenvalue weighted by Crippen LogP contribution is 2.34. The second-order valence-electron chi connectivity index (χ2n) is 5.91. The molecule has 25 heavy (non-hydrogen) atoms. The molecule has 1 saturated heterocycles. The smallest absolute Gasteiger partial charge is 0.320 e. The number of hydrogen-bond donors (Lipinski definition) is 0. The Morgan fingerprint density at radius 3 is 2.20 bits per heavy atom. The second-order valence-corrected chi connectivity index (χ2v) is 6.76. The molecule has 1 aliphatic rings. The minimum Gasteiger partial charge on any atom is -0.493 e. The van der Waals surface area contributed by atoms with Gasteiger partial charge in [0.15, 0.2) is 11.5 Å². The van der Waals surface area contributed by atoms with Gasteiger partial charge in [-0.05, 0) is 23.3 Å². The quantitative estimate of drug-likeness (QED) is 0.732. The molecular formula is C19H21BrN2O3. The van der Waals surface area contributed by atoms with Crippen molar-refractivity contribution in [1.29, 1.82) is 0 Å². The lowest BCUT2D eigenvalue weighted by atomic mass is 10.2. The molecule has 0 radical (unpaired) electrons. The summed E-state index contributed by atoms with van der Waals surface area (Å²) < 4.78 is 11.6. The molecule has 1 aliphatic heterocycles. The van der Waals surface area contributed by atoms with Crippen LogP contribution in [-0.4, -0.2) is 43.1 Å². The standard InChI is InChI=1S/C19H21BrN2O3/c1-24-17-10-15(16(20)11-18(17)25-2)13-22-9-8-21(19(22)23)12-14-6-4-3-5-7-14/h3-7,10-11H,8-9,12-13H2,1-2H3. The molecule has 2 amide bonds. The van der Waals surface area contributed by atoms with E-state index in [1.165, 1.54) is 0 Å². The molecule has 0 N–H and O–H groups in total. The van der Waals surface area contributed by atoms with Gasteiger partial charge in [-0.15, -0.1) is 0 Å². The predicted molar refractivity (Wildman–Crippen MR) is 99.9 cm³/mol. The lowest BCUT2D eigenvalue weighted by Gasteiger charge is -2.20. The van der Waals surface area contributed by atoms with Gasteiger partial charge in [0, 0.05) is 30.7 Å². The Kier molecular flexibility index (Phi) is 5.48. The molecule has 0 aliphatic carbocycles. The summed E-state index contributed by atoms with van der Waals surface area (Å²) in [5, 5.41) is 0. The number of ether oxygens (including phenoxy) is 2. The van der Waals surface area contributed by atoms with Crippen LogP contribution in [0.4, 0.5) is 4.79 Å². The van der Waals surface area contributed by atoms with Crippen molar-refractivity contribution >= 4 is 22.0 Å². The fraction of sp³-hybridized carbons (Fsp3) is 0.316.